The molecule has 5 heteroatoms. The predicted octanol–water partition coefficient (Wildman–Crippen LogP) is 2.68. The number of nitrogens with zero attached hydrogens (tertiary/aromatic N) is 2. The Kier molecular flexibility index (Phi) is 3.81. The Morgan fingerprint density at radius 3 is 2.94 bits per heavy atom. The van der Waals surface area contributed by atoms with Crippen LogP contribution < -0.4 is 5.32 Å². The molecule has 1 amide bonds. The maximum Gasteiger partial charge on any atom is 0.244 e. The Bertz CT molecular complexity index is 612. The summed E-state index contributed by atoms with van der Waals surface area (Å²) >= 11 is 3.40. The van der Waals surface area contributed by atoms with E-state index >= 15 is 0 Å². The van der Waals surface area contributed by atoms with Crippen molar-refractivity contribution < 1.29 is 4.79 Å². The summed E-state index contributed by atoms with van der Waals surface area (Å²) in [6, 6.07) is 3.86. The fraction of sp³-hybridized carbons (Fsp3) is 0.231. The van der Waals surface area contributed by atoms with E-state index in [1.165, 1.54) is 0 Å². The van der Waals surface area contributed by atoms with Crippen molar-refractivity contribution >= 4 is 27.5 Å². The largest absolute Gasteiger partial charge is 0.347 e. The van der Waals surface area contributed by atoms with E-state index < -0.39 is 0 Å². The highest BCUT2D eigenvalue weighted by Gasteiger charge is 2.03. The second kappa shape index (κ2) is 5.35. The van der Waals surface area contributed by atoms with Crippen LogP contribution in [0.15, 0.2) is 40.6 Å². The Morgan fingerprint density at radius 2 is 2.22 bits per heavy atom. The average Bonchev–Trinajstić information content (AvgIpc) is 2.67. The number of carbonyl (C=O) groups excluding carboxylic acids is 1. The summed E-state index contributed by atoms with van der Waals surface area (Å²) in [4.78, 5) is 15.9. The van der Waals surface area contributed by atoms with Crippen molar-refractivity contribution in [3.63, 3.8) is 0 Å². The molecule has 0 unspecified atom stereocenters. The minimum Gasteiger partial charge on any atom is -0.347 e. The standard InChI is InChI=1S/C13H14BrN3O/c1-9(2)5-13(18)15-6-11-8-17-7-10(14)3-4-12(17)16-11/h3-5,7-8H,6H2,1-2H3,(H,15,18). The Balaban J connectivity index is 2.08. The molecule has 1 N–H and O–H groups in total. The summed E-state index contributed by atoms with van der Waals surface area (Å²) in [5, 5.41) is 2.80. The molecule has 2 aromatic rings. The molecule has 0 radical (unpaired) electrons. The number of allylic oxidation sites excluding steroid dienone is 1. The summed E-state index contributed by atoms with van der Waals surface area (Å²) in [6.07, 6.45) is 5.42. The van der Waals surface area contributed by atoms with Gasteiger partial charge in [0.25, 0.3) is 0 Å². The summed E-state index contributed by atoms with van der Waals surface area (Å²) in [5.41, 5.74) is 2.68. The number of aromatic nitrogens is 2. The fourth-order valence-electron chi connectivity index (χ4n) is 1.59. The topological polar surface area (TPSA) is 46.4 Å². The zero-order valence-electron chi connectivity index (χ0n) is 10.3. The van der Waals surface area contributed by atoms with Gasteiger partial charge in [0.2, 0.25) is 5.91 Å². The van der Waals surface area contributed by atoms with Gasteiger partial charge in [-0.05, 0) is 41.9 Å². The second-order valence-electron chi connectivity index (χ2n) is 4.28. The maximum absolute atomic E-state index is 11.5. The number of pyridine rings is 1. The predicted molar refractivity (Wildman–Crippen MR) is 74.2 cm³/mol. The minimum absolute atomic E-state index is 0.0896. The van der Waals surface area contributed by atoms with E-state index in [0.29, 0.717) is 6.54 Å². The van der Waals surface area contributed by atoms with Crippen LogP contribution in [0, 0.1) is 0 Å². The van der Waals surface area contributed by atoms with Gasteiger partial charge in [-0.3, -0.25) is 4.79 Å². The highest BCUT2D eigenvalue weighted by Crippen LogP contribution is 2.12. The molecular formula is C13H14BrN3O. The number of imidazole rings is 1. The van der Waals surface area contributed by atoms with Gasteiger partial charge in [0.1, 0.15) is 5.65 Å². The molecule has 0 saturated carbocycles. The van der Waals surface area contributed by atoms with Crippen LogP contribution in [-0.4, -0.2) is 15.3 Å². The molecule has 0 bridgehead atoms. The summed E-state index contributed by atoms with van der Waals surface area (Å²) in [6.45, 7) is 4.21. The van der Waals surface area contributed by atoms with Gasteiger partial charge in [-0.15, -0.1) is 0 Å². The van der Waals surface area contributed by atoms with Crippen LogP contribution in [0.4, 0.5) is 0 Å². The number of nitrogens with one attached hydrogen (secondary N) is 1. The van der Waals surface area contributed by atoms with Crippen LogP contribution in [0.2, 0.25) is 0 Å². The first kappa shape index (κ1) is 12.8. The van der Waals surface area contributed by atoms with E-state index in [1.807, 2.05) is 42.8 Å². The van der Waals surface area contributed by atoms with Crippen molar-refractivity contribution in [3.05, 3.63) is 46.3 Å². The molecule has 0 aliphatic rings. The molecule has 0 aliphatic heterocycles. The molecule has 4 nitrogen and oxygen atoms in total. The zero-order valence-corrected chi connectivity index (χ0v) is 11.9. The number of amides is 1. The number of hydrogen-bond donors (Lipinski definition) is 1. The lowest BCUT2D eigenvalue weighted by molar-refractivity contribution is -0.116. The van der Waals surface area contributed by atoms with Crippen molar-refractivity contribution in [1.29, 1.82) is 0 Å². The van der Waals surface area contributed by atoms with Crippen LogP contribution >= 0.6 is 15.9 Å². The van der Waals surface area contributed by atoms with E-state index in [-0.39, 0.29) is 5.91 Å². The van der Waals surface area contributed by atoms with E-state index in [2.05, 4.69) is 26.2 Å². The summed E-state index contributed by atoms with van der Waals surface area (Å²) < 4.78 is 2.92. The van der Waals surface area contributed by atoms with Crippen molar-refractivity contribution in [3.8, 4) is 0 Å². The van der Waals surface area contributed by atoms with E-state index in [1.54, 1.807) is 6.08 Å². The molecule has 0 aromatic carbocycles. The lowest BCUT2D eigenvalue weighted by atomic mass is 10.3. The van der Waals surface area contributed by atoms with Gasteiger partial charge in [-0.25, -0.2) is 4.98 Å². The third kappa shape index (κ3) is 3.20. The van der Waals surface area contributed by atoms with Crippen molar-refractivity contribution in [1.82, 2.24) is 14.7 Å². The Morgan fingerprint density at radius 1 is 1.44 bits per heavy atom. The molecule has 0 saturated heterocycles. The van der Waals surface area contributed by atoms with Gasteiger partial charge in [0.05, 0.1) is 12.2 Å². The van der Waals surface area contributed by atoms with Gasteiger partial charge in [-0.1, -0.05) is 5.57 Å². The molecule has 0 atom stereocenters. The van der Waals surface area contributed by atoms with Crippen LogP contribution in [0.3, 0.4) is 0 Å². The average molecular weight is 308 g/mol. The molecular weight excluding hydrogens is 294 g/mol. The molecule has 18 heavy (non-hydrogen) atoms. The van der Waals surface area contributed by atoms with Crippen molar-refractivity contribution in [2.45, 2.75) is 20.4 Å². The molecule has 0 fully saturated rings. The second-order valence-corrected chi connectivity index (χ2v) is 5.20. The third-order valence-electron chi connectivity index (χ3n) is 2.33. The van der Waals surface area contributed by atoms with Gasteiger partial charge < -0.3 is 9.72 Å². The van der Waals surface area contributed by atoms with Gasteiger partial charge in [-0.2, -0.15) is 0 Å². The lowest BCUT2D eigenvalue weighted by Crippen LogP contribution is -2.20. The van der Waals surface area contributed by atoms with Crippen molar-refractivity contribution in [2.75, 3.05) is 0 Å². The molecule has 2 heterocycles. The fourth-order valence-corrected chi connectivity index (χ4v) is 1.95. The van der Waals surface area contributed by atoms with Crippen LogP contribution in [-0.2, 0) is 11.3 Å². The maximum atomic E-state index is 11.5. The number of fused-ring (bicyclic) bond motifs is 1. The van der Waals surface area contributed by atoms with E-state index in [9.17, 15) is 4.79 Å². The summed E-state index contributed by atoms with van der Waals surface area (Å²) in [5.74, 6) is -0.0896. The lowest BCUT2D eigenvalue weighted by Gasteiger charge is -1.98. The first-order chi connectivity index (χ1) is 8.54. The number of hydrogen-bond acceptors (Lipinski definition) is 2. The number of halogens is 1. The first-order valence-electron chi connectivity index (χ1n) is 5.60. The van der Waals surface area contributed by atoms with Crippen molar-refractivity contribution in [2.24, 2.45) is 0 Å². The highest BCUT2D eigenvalue weighted by molar-refractivity contribution is 9.10. The number of rotatable bonds is 3. The van der Waals surface area contributed by atoms with Crippen LogP contribution in [0.5, 0.6) is 0 Å². The van der Waals surface area contributed by atoms with Gasteiger partial charge in [0.15, 0.2) is 0 Å². The first-order valence-corrected chi connectivity index (χ1v) is 6.40. The van der Waals surface area contributed by atoms with Gasteiger partial charge in [0, 0.05) is 22.9 Å². The molecule has 2 aromatic heterocycles. The summed E-state index contributed by atoms with van der Waals surface area (Å²) in [7, 11) is 0. The van der Waals surface area contributed by atoms with Crippen LogP contribution in [0.1, 0.15) is 19.5 Å². The smallest absolute Gasteiger partial charge is 0.244 e. The molecule has 2 rings (SSSR count). The normalized spacial score (nSPS) is 10.4. The molecule has 0 aliphatic carbocycles. The number of carbonyl (C=O) groups is 1. The zero-order chi connectivity index (χ0) is 13.1. The Labute approximate surface area is 114 Å². The third-order valence-corrected chi connectivity index (χ3v) is 2.80. The quantitative estimate of drug-likeness (QED) is 0.886. The monoisotopic (exact) mass is 307 g/mol. The van der Waals surface area contributed by atoms with Gasteiger partial charge >= 0.3 is 0 Å². The Hall–Kier alpha value is -1.62. The van der Waals surface area contributed by atoms with Crippen LogP contribution in [0.25, 0.3) is 5.65 Å². The van der Waals surface area contributed by atoms with E-state index in [4.69, 9.17) is 0 Å². The highest BCUT2D eigenvalue weighted by atomic mass is 79.9. The molecule has 94 valence electrons. The van der Waals surface area contributed by atoms with E-state index in [0.717, 1.165) is 21.4 Å². The molecule has 0 spiro atoms. The minimum atomic E-state index is -0.0896. The SMILES string of the molecule is CC(C)=CC(=O)NCc1cn2cc(Br)ccc2n1.